The number of carbonyl (C=O) groups excluding carboxylic acids is 1. The van der Waals surface area contributed by atoms with Crippen LogP contribution in [0.3, 0.4) is 0 Å². The number of amides is 1. The summed E-state index contributed by atoms with van der Waals surface area (Å²) < 4.78 is 27.2. The Balaban J connectivity index is 1.46. The monoisotopic (exact) mass is 417 g/mol. The van der Waals surface area contributed by atoms with Crippen molar-refractivity contribution in [3.05, 3.63) is 47.8 Å². The molecule has 0 spiro atoms. The summed E-state index contributed by atoms with van der Waals surface area (Å²) in [6, 6.07) is 6.93. The van der Waals surface area contributed by atoms with Gasteiger partial charge in [-0.3, -0.25) is 4.79 Å². The van der Waals surface area contributed by atoms with Crippen molar-refractivity contribution in [2.75, 3.05) is 31.5 Å². The molecule has 3 rings (SSSR count). The first-order valence-electron chi connectivity index (χ1n) is 9.74. The lowest BCUT2D eigenvalue weighted by molar-refractivity contribution is -0.126. The lowest BCUT2D eigenvalue weighted by Gasteiger charge is -2.30. The van der Waals surface area contributed by atoms with Crippen molar-refractivity contribution in [3.63, 3.8) is 0 Å². The van der Waals surface area contributed by atoms with Crippen LogP contribution in [-0.2, 0) is 14.8 Å². The number of nitrogens with zero attached hydrogens (tertiary/aromatic N) is 3. The highest BCUT2D eigenvalue weighted by molar-refractivity contribution is 7.89. The first-order valence-corrected chi connectivity index (χ1v) is 11.2. The molecule has 2 N–H and O–H groups in total. The van der Waals surface area contributed by atoms with Gasteiger partial charge in [0, 0.05) is 44.5 Å². The zero-order valence-electron chi connectivity index (χ0n) is 16.8. The average Bonchev–Trinajstić information content (AvgIpc) is 2.74. The number of piperidine rings is 1. The minimum Gasteiger partial charge on any atom is -0.354 e. The van der Waals surface area contributed by atoms with Gasteiger partial charge in [0.2, 0.25) is 21.9 Å². The SMILES string of the molecule is Cc1ccc(S(=O)(=O)N2CCC(C(=O)NCCNc3ncccn3)CC2)cc1C. The van der Waals surface area contributed by atoms with E-state index in [4.69, 9.17) is 0 Å². The van der Waals surface area contributed by atoms with Crippen LogP contribution in [0.15, 0.2) is 41.6 Å². The zero-order chi connectivity index (χ0) is 20.9. The quantitative estimate of drug-likeness (QED) is 0.665. The van der Waals surface area contributed by atoms with E-state index in [1.807, 2.05) is 19.9 Å². The number of anilines is 1. The van der Waals surface area contributed by atoms with Gasteiger partial charge in [0.05, 0.1) is 4.90 Å². The van der Waals surface area contributed by atoms with Crippen LogP contribution >= 0.6 is 0 Å². The first kappa shape index (κ1) is 21.2. The number of aromatic nitrogens is 2. The molecule has 2 heterocycles. The number of nitrogens with one attached hydrogen (secondary N) is 2. The zero-order valence-corrected chi connectivity index (χ0v) is 17.6. The molecule has 156 valence electrons. The van der Waals surface area contributed by atoms with E-state index in [0.29, 0.717) is 49.9 Å². The van der Waals surface area contributed by atoms with Crippen LogP contribution in [0.4, 0.5) is 5.95 Å². The summed E-state index contributed by atoms with van der Waals surface area (Å²) in [7, 11) is -3.52. The van der Waals surface area contributed by atoms with E-state index in [1.54, 1.807) is 30.6 Å². The van der Waals surface area contributed by atoms with E-state index in [1.165, 1.54) is 4.31 Å². The summed E-state index contributed by atoms with van der Waals surface area (Å²) in [5, 5.41) is 5.93. The highest BCUT2D eigenvalue weighted by Gasteiger charge is 2.32. The Labute approximate surface area is 171 Å². The molecule has 2 aromatic rings. The maximum atomic E-state index is 12.9. The Morgan fingerprint density at radius 3 is 2.45 bits per heavy atom. The van der Waals surface area contributed by atoms with Gasteiger partial charge in [-0.1, -0.05) is 6.07 Å². The van der Waals surface area contributed by atoms with Crippen molar-refractivity contribution in [2.24, 2.45) is 5.92 Å². The van der Waals surface area contributed by atoms with E-state index in [2.05, 4.69) is 20.6 Å². The van der Waals surface area contributed by atoms with Crippen molar-refractivity contribution < 1.29 is 13.2 Å². The Bertz CT molecular complexity index is 942. The highest BCUT2D eigenvalue weighted by atomic mass is 32.2. The van der Waals surface area contributed by atoms with Gasteiger partial charge in [0.1, 0.15) is 0 Å². The molecule has 1 saturated heterocycles. The van der Waals surface area contributed by atoms with Crippen LogP contribution < -0.4 is 10.6 Å². The minimum atomic E-state index is -3.52. The maximum Gasteiger partial charge on any atom is 0.243 e. The average molecular weight is 418 g/mol. The Morgan fingerprint density at radius 2 is 1.79 bits per heavy atom. The van der Waals surface area contributed by atoms with Crippen molar-refractivity contribution >= 4 is 21.9 Å². The third-order valence-corrected chi connectivity index (χ3v) is 7.11. The van der Waals surface area contributed by atoms with Gasteiger partial charge in [-0.15, -0.1) is 0 Å². The van der Waals surface area contributed by atoms with Gasteiger partial charge in [0.25, 0.3) is 0 Å². The molecule has 0 atom stereocenters. The smallest absolute Gasteiger partial charge is 0.243 e. The van der Waals surface area contributed by atoms with E-state index in [9.17, 15) is 13.2 Å². The van der Waals surface area contributed by atoms with Crippen LogP contribution in [0.1, 0.15) is 24.0 Å². The number of hydrogen-bond acceptors (Lipinski definition) is 6. The van der Waals surface area contributed by atoms with Crippen molar-refractivity contribution in [1.29, 1.82) is 0 Å². The summed E-state index contributed by atoms with van der Waals surface area (Å²) in [4.78, 5) is 20.8. The van der Waals surface area contributed by atoms with Gasteiger partial charge in [-0.05, 0) is 56.0 Å². The molecule has 0 unspecified atom stereocenters. The Hall–Kier alpha value is -2.52. The molecule has 1 fully saturated rings. The Kier molecular flexibility index (Phi) is 6.81. The summed E-state index contributed by atoms with van der Waals surface area (Å²) in [5.41, 5.74) is 2.02. The molecule has 1 aromatic carbocycles. The largest absolute Gasteiger partial charge is 0.354 e. The normalized spacial score (nSPS) is 15.8. The van der Waals surface area contributed by atoms with Gasteiger partial charge < -0.3 is 10.6 Å². The van der Waals surface area contributed by atoms with Crippen LogP contribution in [0.2, 0.25) is 0 Å². The van der Waals surface area contributed by atoms with Crippen LogP contribution in [0.5, 0.6) is 0 Å². The molecular weight excluding hydrogens is 390 g/mol. The van der Waals surface area contributed by atoms with Gasteiger partial charge in [-0.2, -0.15) is 4.31 Å². The summed E-state index contributed by atoms with van der Waals surface area (Å²) in [6.07, 6.45) is 4.33. The minimum absolute atomic E-state index is 0.0380. The number of hydrogen-bond donors (Lipinski definition) is 2. The van der Waals surface area contributed by atoms with Crippen LogP contribution in [-0.4, -0.2) is 54.8 Å². The van der Waals surface area contributed by atoms with Crippen molar-refractivity contribution in [3.8, 4) is 0 Å². The van der Waals surface area contributed by atoms with Gasteiger partial charge in [0.15, 0.2) is 0 Å². The molecular formula is C20H27N5O3S. The second-order valence-electron chi connectivity index (χ2n) is 7.21. The molecule has 1 aromatic heterocycles. The van der Waals surface area contributed by atoms with Crippen LogP contribution in [0.25, 0.3) is 0 Å². The van der Waals surface area contributed by atoms with E-state index in [0.717, 1.165) is 11.1 Å². The maximum absolute atomic E-state index is 12.9. The molecule has 1 aliphatic heterocycles. The first-order chi connectivity index (χ1) is 13.9. The van der Waals surface area contributed by atoms with Gasteiger partial charge >= 0.3 is 0 Å². The molecule has 1 amide bonds. The summed E-state index contributed by atoms with van der Waals surface area (Å²) in [5.74, 6) is 0.310. The van der Waals surface area contributed by atoms with Crippen molar-refractivity contribution in [2.45, 2.75) is 31.6 Å². The third-order valence-electron chi connectivity index (χ3n) is 5.21. The molecule has 0 aliphatic carbocycles. The summed E-state index contributed by atoms with van der Waals surface area (Å²) in [6.45, 7) is 5.54. The topological polar surface area (TPSA) is 104 Å². The predicted octanol–water partition coefficient (Wildman–Crippen LogP) is 1.72. The van der Waals surface area contributed by atoms with E-state index >= 15 is 0 Å². The second kappa shape index (κ2) is 9.32. The molecule has 9 heteroatoms. The Morgan fingerprint density at radius 1 is 1.10 bits per heavy atom. The molecule has 8 nitrogen and oxygen atoms in total. The number of carbonyl (C=O) groups is 1. The van der Waals surface area contributed by atoms with E-state index in [-0.39, 0.29) is 11.8 Å². The van der Waals surface area contributed by atoms with E-state index < -0.39 is 10.0 Å². The molecule has 29 heavy (non-hydrogen) atoms. The molecule has 0 radical (unpaired) electrons. The third kappa shape index (κ3) is 5.30. The standard InChI is InChI=1S/C20H27N5O3S/c1-15-4-5-18(14-16(15)2)29(27,28)25-12-6-17(7-13-25)19(26)21-10-11-24-20-22-8-3-9-23-20/h3-5,8-9,14,17H,6-7,10-13H2,1-2H3,(H,21,26)(H,22,23,24). The fourth-order valence-corrected chi connectivity index (χ4v) is 4.83. The van der Waals surface area contributed by atoms with Gasteiger partial charge in [-0.25, -0.2) is 18.4 Å². The second-order valence-corrected chi connectivity index (χ2v) is 9.15. The molecule has 1 aliphatic rings. The number of sulfonamides is 1. The lowest BCUT2D eigenvalue weighted by Crippen LogP contribution is -2.43. The molecule has 0 bridgehead atoms. The number of benzene rings is 1. The fourth-order valence-electron chi connectivity index (χ4n) is 3.28. The number of rotatable bonds is 7. The predicted molar refractivity (Wildman–Crippen MR) is 111 cm³/mol. The summed E-state index contributed by atoms with van der Waals surface area (Å²) >= 11 is 0. The molecule has 0 saturated carbocycles. The van der Waals surface area contributed by atoms with Crippen molar-refractivity contribution in [1.82, 2.24) is 19.6 Å². The highest BCUT2D eigenvalue weighted by Crippen LogP contribution is 2.25. The van der Waals surface area contributed by atoms with Crippen LogP contribution in [0, 0.1) is 19.8 Å². The lowest BCUT2D eigenvalue weighted by atomic mass is 9.97. The fraction of sp³-hybridized carbons (Fsp3) is 0.450. The number of aryl methyl sites for hydroxylation is 2.